The highest BCUT2D eigenvalue weighted by Crippen LogP contribution is 2.27. The molecule has 0 saturated heterocycles. The zero-order chi connectivity index (χ0) is 24.9. The molecule has 0 aliphatic carbocycles. The molecule has 0 bridgehead atoms. The summed E-state index contributed by atoms with van der Waals surface area (Å²) < 4.78 is 16.4. The van der Waals surface area contributed by atoms with E-state index in [1.165, 1.54) is 11.8 Å². The summed E-state index contributed by atoms with van der Waals surface area (Å²) in [6, 6.07) is 20.8. The van der Waals surface area contributed by atoms with Gasteiger partial charge in [-0.3, -0.25) is 0 Å². The Bertz CT molecular complexity index is 1070. The van der Waals surface area contributed by atoms with Gasteiger partial charge in [-0.2, -0.15) is 0 Å². The van der Waals surface area contributed by atoms with Crippen LogP contribution in [0.5, 0.6) is 11.5 Å². The van der Waals surface area contributed by atoms with E-state index in [1.807, 2.05) is 6.07 Å². The zero-order valence-electron chi connectivity index (χ0n) is 20.7. The summed E-state index contributed by atoms with van der Waals surface area (Å²) in [5.74, 6) is 0.704. The van der Waals surface area contributed by atoms with Crippen LogP contribution >= 0.6 is 0 Å². The highest BCUT2D eigenvalue weighted by Gasteiger charge is 2.11. The number of ether oxygens (including phenoxy) is 3. The molecule has 0 fully saturated rings. The van der Waals surface area contributed by atoms with Gasteiger partial charge in [-0.05, 0) is 78.8 Å². The van der Waals surface area contributed by atoms with Crippen LogP contribution in [0, 0.1) is 5.41 Å². The highest BCUT2D eigenvalue weighted by molar-refractivity contribution is 5.93. The first kappa shape index (κ1) is 26.2. The molecule has 3 aromatic carbocycles. The van der Waals surface area contributed by atoms with Crippen molar-refractivity contribution in [1.82, 2.24) is 0 Å². The lowest BCUT2D eigenvalue weighted by molar-refractivity contribution is 0.0734. The van der Waals surface area contributed by atoms with E-state index in [9.17, 15) is 4.79 Å². The number of hydrogen-bond donors (Lipinski definition) is 1. The fourth-order valence-corrected chi connectivity index (χ4v) is 3.87. The molecule has 0 atom stereocenters. The van der Waals surface area contributed by atoms with Crippen molar-refractivity contribution < 1.29 is 19.0 Å². The average Bonchev–Trinajstić information content (AvgIpc) is 2.89. The van der Waals surface area contributed by atoms with Gasteiger partial charge in [0.2, 0.25) is 0 Å². The Balaban J connectivity index is 1.56. The fourth-order valence-electron chi connectivity index (χ4n) is 3.87. The van der Waals surface area contributed by atoms with E-state index in [-0.39, 0.29) is 0 Å². The predicted molar refractivity (Wildman–Crippen MR) is 141 cm³/mol. The van der Waals surface area contributed by atoms with Crippen LogP contribution < -0.4 is 9.47 Å². The number of carbonyl (C=O) groups is 1. The number of esters is 1. The Labute approximate surface area is 208 Å². The summed E-state index contributed by atoms with van der Waals surface area (Å²) in [6.45, 7) is 3.62. The molecule has 0 radical (unpaired) electrons. The second-order valence-electron chi connectivity index (χ2n) is 8.51. The molecule has 3 rings (SSSR count). The monoisotopic (exact) mass is 473 g/mol. The molecule has 35 heavy (non-hydrogen) atoms. The van der Waals surface area contributed by atoms with Crippen molar-refractivity contribution in [3.63, 3.8) is 0 Å². The Morgan fingerprint density at radius 1 is 0.857 bits per heavy atom. The minimum Gasteiger partial charge on any atom is -0.494 e. The van der Waals surface area contributed by atoms with Crippen LogP contribution in [0.25, 0.3) is 11.1 Å². The van der Waals surface area contributed by atoms with E-state index in [0.29, 0.717) is 23.5 Å². The first-order chi connectivity index (χ1) is 17.1. The quantitative estimate of drug-likeness (QED) is 0.117. The third-order valence-electron chi connectivity index (χ3n) is 5.79. The number of unbranched alkanes of at least 4 members (excludes halogenated alkanes) is 3. The summed E-state index contributed by atoms with van der Waals surface area (Å²) in [7, 11) is 1.72. The number of benzene rings is 3. The minimum atomic E-state index is -0.442. The molecule has 184 valence electrons. The van der Waals surface area contributed by atoms with E-state index in [4.69, 9.17) is 19.6 Å². The van der Waals surface area contributed by atoms with Gasteiger partial charge < -0.3 is 19.6 Å². The number of hydrogen-bond acceptors (Lipinski definition) is 5. The molecule has 3 aromatic rings. The molecule has 0 heterocycles. The first-order valence-electron chi connectivity index (χ1n) is 12.3. The van der Waals surface area contributed by atoms with Crippen molar-refractivity contribution >= 4 is 12.2 Å². The Morgan fingerprint density at radius 2 is 1.54 bits per heavy atom. The SMILES string of the molecule is CCCc1ccc(-c2ccc(OC(=O)c3ccc(OCCCCCCOC)cc3)cc2C=N)cc1. The molecule has 0 unspecified atom stereocenters. The van der Waals surface area contributed by atoms with Gasteiger partial charge in [0.25, 0.3) is 0 Å². The molecule has 0 aliphatic rings. The number of carbonyl (C=O) groups excluding carboxylic acids is 1. The number of rotatable bonds is 14. The van der Waals surface area contributed by atoms with Gasteiger partial charge in [0.05, 0.1) is 12.2 Å². The van der Waals surface area contributed by atoms with Gasteiger partial charge >= 0.3 is 5.97 Å². The molecule has 5 heteroatoms. The van der Waals surface area contributed by atoms with Gasteiger partial charge in [-0.25, -0.2) is 4.79 Å². The predicted octanol–water partition coefficient (Wildman–Crippen LogP) is 7.11. The number of methoxy groups -OCH3 is 1. The molecule has 0 aliphatic heterocycles. The maximum absolute atomic E-state index is 12.6. The van der Waals surface area contributed by atoms with Gasteiger partial charge in [0.15, 0.2) is 0 Å². The van der Waals surface area contributed by atoms with Crippen molar-refractivity contribution in [3.8, 4) is 22.6 Å². The van der Waals surface area contributed by atoms with Crippen molar-refractivity contribution in [2.24, 2.45) is 0 Å². The Hall–Kier alpha value is -3.44. The second kappa shape index (κ2) is 14.1. The van der Waals surface area contributed by atoms with Crippen LogP contribution in [0.3, 0.4) is 0 Å². The van der Waals surface area contributed by atoms with Crippen molar-refractivity contribution in [2.75, 3.05) is 20.3 Å². The van der Waals surface area contributed by atoms with Crippen LogP contribution in [0.2, 0.25) is 0 Å². The first-order valence-corrected chi connectivity index (χ1v) is 12.3. The van der Waals surface area contributed by atoms with Crippen molar-refractivity contribution in [2.45, 2.75) is 45.4 Å². The normalized spacial score (nSPS) is 10.7. The Morgan fingerprint density at radius 3 is 2.20 bits per heavy atom. The van der Waals surface area contributed by atoms with E-state index in [1.54, 1.807) is 43.5 Å². The lowest BCUT2D eigenvalue weighted by Crippen LogP contribution is -2.09. The molecule has 1 N–H and O–H groups in total. The molecule has 5 nitrogen and oxygen atoms in total. The topological polar surface area (TPSA) is 68.6 Å². The van der Waals surface area contributed by atoms with Crippen molar-refractivity contribution in [3.05, 3.63) is 83.4 Å². The largest absolute Gasteiger partial charge is 0.494 e. The molecular formula is C30H35NO4. The summed E-state index contributed by atoms with van der Waals surface area (Å²) in [5.41, 5.74) is 4.41. The average molecular weight is 474 g/mol. The van der Waals surface area contributed by atoms with Crippen LogP contribution in [0.1, 0.15) is 60.5 Å². The molecule has 0 amide bonds. The van der Waals surface area contributed by atoms with Crippen LogP contribution in [-0.4, -0.2) is 32.5 Å². The summed E-state index contributed by atoms with van der Waals surface area (Å²) in [4.78, 5) is 12.6. The van der Waals surface area contributed by atoms with Gasteiger partial charge in [0, 0.05) is 25.5 Å². The van der Waals surface area contributed by atoms with Crippen LogP contribution in [0.15, 0.2) is 66.7 Å². The van der Waals surface area contributed by atoms with E-state index < -0.39 is 5.97 Å². The number of aryl methyl sites for hydroxylation is 1. The molecular weight excluding hydrogens is 438 g/mol. The summed E-state index contributed by atoms with van der Waals surface area (Å²) in [6.07, 6.45) is 7.75. The summed E-state index contributed by atoms with van der Waals surface area (Å²) in [5, 5.41) is 7.84. The standard InChI is InChI=1S/C30H35NO4/c1-3-8-23-9-11-24(12-10-23)29-18-17-28(21-26(29)22-31)35-30(32)25-13-15-27(16-14-25)34-20-7-5-4-6-19-33-2/h9-18,21-22,31H,3-8,19-20H2,1-2H3. The lowest BCUT2D eigenvalue weighted by atomic mass is 9.98. The molecule has 0 spiro atoms. The van der Waals surface area contributed by atoms with Gasteiger partial charge in [-0.15, -0.1) is 0 Å². The zero-order valence-corrected chi connectivity index (χ0v) is 20.7. The van der Waals surface area contributed by atoms with Crippen LogP contribution in [-0.2, 0) is 11.2 Å². The fraction of sp³-hybridized carbons (Fsp3) is 0.333. The van der Waals surface area contributed by atoms with Gasteiger partial charge in [0.1, 0.15) is 11.5 Å². The maximum Gasteiger partial charge on any atom is 0.343 e. The summed E-state index contributed by atoms with van der Waals surface area (Å²) >= 11 is 0. The molecule has 0 saturated carbocycles. The highest BCUT2D eigenvalue weighted by atomic mass is 16.5. The smallest absolute Gasteiger partial charge is 0.343 e. The van der Waals surface area contributed by atoms with Crippen LogP contribution in [0.4, 0.5) is 0 Å². The van der Waals surface area contributed by atoms with Gasteiger partial charge in [-0.1, -0.05) is 50.1 Å². The number of nitrogens with one attached hydrogen (secondary N) is 1. The second-order valence-corrected chi connectivity index (χ2v) is 8.51. The Kier molecular flexibility index (Phi) is 10.5. The third kappa shape index (κ3) is 8.08. The maximum atomic E-state index is 12.6. The minimum absolute atomic E-state index is 0.411. The lowest BCUT2D eigenvalue weighted by Gasteiger charge is -2.11. The van der Waals surface area contributed by atoms with Crippen molar-refractivity contribution in [1.29, 1.82) is 5.41 Å². The molecule has 0 aromatic heterocycles. The van der Waals surface area contributed by atoms with E-state index in [2.05, 4.69) is 31.2 Å². The van der Waals surface area contributed by atoms with E-state index >= 15 is 0 Å². The third-order valence-corrected chi connectivity index (χ3v) is 5.79. The van der Waals surface area contributed by atoms with E-state index in [0.717, 1.165) is 62.0 Å².